The van der Waals surface area contributed by atoms with E-state index in [9.17, 15) is 9.90 Å². The van der Waals surface area contributed by atoms with Gasteiger partial charge in [0.2, 0.25) is 0 Å². The second-order valence-corrected chi connectivity index (χ2v) is 7.04. The van der Waals surface area contributed by atoms with Gasteiger partial charge in [0.1, 0.15) is 0 Å². The van der Waals surface area contributed by atoms with Gasteiger partial charge in [-0.1, -0.05) is 32.4 Å². The third-order valence-corrected chi connectivity index (χ3v) is 3.93. The zero-order valence-electron chi connectivity index (χ0n) is 13.7. The fraction of sp³-hybridized carbons (Fsp3) is 0.438. The largest absolute Gasteiger partial charge is 0.481 e. The van der Waals surface area contributed by atoms with Crippen LogP contribution in [0.25, 0.3) is 0 Å². The molecule has 0 aliphatic heterocycles. The lowest BCUT2D eigenvalue weighted by atomic mass is 9.77. The van der Waals surface area contributed by atoms with Crippen molar-refractivity contribution in [3.8, 4) is 0 Å². The van der Waals surface area contributed by atoms with Gasteiger partial charge in [0.25, 0.3) is 0 Å². The Morgan fingerprint density at radius 2 is 2.13 bits per heavy atom. The van der Waals surface area contributed by atoms with Crippen LogP contribution in [0.3, 0.4) is 0 Å². The summed E-state index contributed by atoms with van der Waals surface area (Å²) in [6, 6.07) is 5.38. The molecule has 0 saturated carbocycles. The van der Waals surface area contributed by atoms with Gasteiger partial charge in [-0.15, -0.1) is 5.10 Å². The van der Waals surface area contributed by atoms with Gasteiger partial charge in [0, 0.05) is 17.8 Å². The van der Waals surface area contributed by atoms with Crippen LogP contribution in [0.2, 0.25) is 5.02 Å². The van der Waals surface area contributed by atoms with E-state index in [0.717, 1.165) is 11.3 Å². The van der Waals surface area contributed by atoms with Crippen molar-refractivity contribution < 1.29 is 9.90 Å². The van der Waals surface area contributed by atoms with Crippen molar-refractivity contribution in [1.82, 2.24) is 15.0 Å². The van der Waals surface area contributed by atoms with Gasteiger partial charge < -0.3 is 10.4 Å². The number of carboxylic acids is 1. The van der Waals surface area contributed by atoms with Crippen molar-refractivity contribution in [2.24, 2.45) is 18.4 Å². The smallest absolute Gasteiger partial charge is 0.307 e. The number of benzene rings is 1. The summed E-state index contributed by atoms with van der Waals surface area (Å²) >= 11 is 6.09. The molecule has 0 spiro atoms. The molecule has 2 rings (SSSR count). The van der Waals surface area contributed by atoms with Crippen LogP contribution in [-0.2, 0) is 18.3 Å². The zero-order chi connectivity index (χ0) is 17.2. The highest BCUT2D eigenvalue weighted by Gasteiger charge is 2.32. The lowest BCUT2D eigenvalue weighted by Crippen LogP contribution is -2.30. The van der Waals surface area contributed by atoms with Gasteiger partial charge >= 0.3 is 5.97 Å². The fourth-order valence-electron chi connectivity index (χ4n) is 2.38. The minimum Gasteiger partial charge on any atom is -0.481 e. The molecule has 124 valence electrons. The molecule has 1 aromatic heterocycles. The minimum absolute atomic E-state index is 0.363. The van der Waals surface area contributed by atoms with E-state index >= 15 is 0 Å². The third-order valence-electron chi connectivity index (χ3n) is 3.70. The monoisotopic (exact) mass is 336 g/mol. The molecule has 0 aliphatic carbocycles. The Morgan fingerprint density at radius 1 is 1.43 bits per heavy atom. The molecule has 0 amide bonds. The number of aliphatic carboxylic acids is 1. The highest BCUT2D eigenvalue weighted by molar-refractivity contribution is 6.30. The van der Waals surface area contributed by atoms with Crippen LogP contribution in [-0.4, -0.2) is 26.1 Å². The first-order chi connectivity index (χ1) is 10.7. The van der Waals surface area contributed by atoms with Gasteiger partial charge in [-0.25, -0.2) is 0 Å². The molecule has 6 nitrogen and oxygen atoms in total. The number of anilines is 2. The molecule has 7 heteroatoms. The second kappa shape index (κ2) is 6.58. The predicted molar refractivity (Wildman–Crippen MR) is 90.0 cm³/mol. The Labute approximate surface area is 140 Å². The van der Waals surface area contributed by atoms with Crippen molar-refractivity contribution >= 4 is 29.1 Å². The maximum Gasteiger partial charge on any atom is 0.307 e. The number of nitrogens with zero attached hydrogens (tertiary/aromatic N) is 3. The van der Waals surface area contributed by atoms with E-state index < -0.39 is 11.9 Å². The molecule has 23 heavy (non-hydrogen) atoms. The van der Waals surface area contributed by atoms with Crippen LogP contribution < -0.4 is 5.32 Å². The molecule has 1 aromatic carbocycles. The summed E-state index contributed by atoms with van der Waals surface area (Å²) in [5.74, 6) is -0.745. The maximum atomic E-state index is 11.6. The predicted octanol–water partition coefficient (Wildman–Crippen LogP) is 3.50. The summed E-state index contributed by atoms with van der Waals surface area (Å²) in [5, 5.41) is 21.5. The highest BCUT2D eigenvalue weighted by Crippen LogP contribution is 2.33. The summed E-state index contributed by atoms with van der Waals surface area (Å²) in [5.41, 5.74) is 1.26. The number of aryl methyl sites for hydroxylation is 1. The summed E-state index contributed by atoms with van der Waals surface area (Å²) in [7, 11) is 1.73. The minimum atomic E-state index is -0.817. The molecular formula is C16H21ClN4O2. The summed E-state index contributed by atoms with van der Waals surface area (Å²) in [6.45, 7) is 5.77. The van der Waals surface area contributed by atoms with Gasteiger partial charge in [0.15, 0.2) is 5.82 Å². The van der Waals surface area contributed by atoms with Gasteiger partial charge in [0.05, 0.1) is 12.1 Å². The van der Waals surface area contributed by atoms with Gasteiger partial charge in [-0.2, -0.15) is 9.90 Å². The van der Waals surface area contributed by atoms with E-state index in [2.05, 4.69) is 15.5 Å². The first-order valence-corrected chi connectivity index (χ1v) is 7.69. The van der Waals surface area contributed by atoms with Gasteiger partial charge in [-0.3, -0.25) is 4.79 Å². The number of carboxylic acid groups (broad SMARTS) is 1. The number of hydrogen-bond donors (Lipinski definition) is 2. The molecule has 1 unspecified atom stereocenters. The van der Waals surface area contributed by atoms with Gasteiger partial charge in [-0.05, 0) is 35.6 Å². The SMILES string of the molecule is Cn1ncc(Nc2ccc(Cl)cc2CC(C(=O)O)C(C)(C)C)n1. The third kappa shape index (κ3) is 4.45. The van der Waals surface area contributed by atoms with Crippen molar-refractivity contribution in [2.45, 2.75) is 27.2 Å². The average molecular weight is 337 g/mol. The first kappa shape index (κ1) is 17.3. The standard InChI is InChI=1S/C16H21ClN4O2/c1-16(2,3)12(15(22)23)8-10-7-11(17)5-6-13(10)19-14-9-18-21(4)20-14/h5-7,9,12H,8H2,1-4H3,(H,19,20)(H,22,23). The maximum absolute atomic E-state index is 11.6. The molecule has 0 aliphatic rings. The van der Waals surface area contributed by atoms with E-state index in [4.69, 9.17) is 11.6 Å². The van der Waals surface area contributed by atoms with E-state index in [0.29, 0.717) is 17.3 Å². The molecule has 0 bridgehead atoms. The Balaban J connectivity index is 2.33. The quantitative estimate of drug-likeness (QED) is 0.873. The number of rotatable bonds is 5. The molecule has 2 aromatic rings. The topological polar surface area (TPSA) is 80.0 Å². The molecule has 1 heterocycles. The van der Waals surface area contributed by atoms with Crippen LogP contribution in [0.15, 0.2) is 24.4 Å². The van der Waals surface area contributed by atoms with Crippen LogP contribution in [0.5, 0.6) is 0 Å². The Kier molecular flexibility index (Phi) is 4.94. The Bertz CT molecular complexity index is 706. The highest BCUT2D eigenvalue weighted by atomic mass is 35.5. The number of nitrogens with one attached hydrogen (secondary N) is 1. The van der Waals surface area contributed by atoms with Crippen molar-refractivity contribution in [2.75, 3.05) is 5.32 Å². The first-order valence-electron chi connectivity index (χ1n) is 7.31. The lowest BCUT2D eigenvalue weighted by Gasteiger charge is -2.28. The molecule has 0 radical (unpaired) electrons. The van der Waals surface area contributed by atoms with E-state index in [1.807, 2.05) is 26.8 Å². The van der Waals surface area contributed by atoms with Crippen LogP contribution >= 0.6 is 11.6 Å². The average Bonchev–Trinajstić information content (AvgIpc) is 2.82. The Morgan fingerprint density at radius 3 is 2.65 bits per heavy atom. The number of aromatic nitrogens is 3. The van der Waals surface area contributed by atoms with Crippen molar-refractivity contribution in [3.05, 3.63) is 35.0 Å². The van der Waals surface area contributed by atoms with E-state index in [-0.39, 0.29) is 5.41 Å². The summed E-state index contributed by atoms with van der Waals surface area (Å²) in [4.78, 5) is 13.1. The lowest BCUT2D eigenvalue weighted by molar-refractivity contribution is -0.145. The van der Waals surface area contributed by atoms with Crippen LogP contribution in [0, 0.1) is 11.3 Å². The molecular weight excluding hydrogens is 316 g/mol. The zero-order valence-corrected chi connectivity index (χ0v) is 14.4. The molecule has 2 N–H and O–H groups in total. The second-order valence-electron chi connectivity index (χ2n) is 6.61. The Hall–Kier alpha value is -2.08. The summed E-state index contributed by atoms with van der Waals surface area (Å²) < 4.78 is 0. The van der Waals surface area contributed by atoms with Crippen molar-refractivity contribution in [3.63, 3.8) is 0 Å². The fourth-order valence-corrected chi connectivity index (χ4v) is 2.57. The van der Waals surface area contributed by atoms with Crippen LogP contribution in [0.1, 0.15) is 26.3 Å². The van der Waals surface area contributed by atoms with E-state index in [1.54, 1.807) is 25.4 Å². The number of hydrogen-bond acceptors (Lipinski definition) is 4. The van der Waals surface area contributed by atoms with Crippen molar-refractivity contribution in [1.29, 1.82) is 0 Å². The van der Waals surface area contributed by atoms with Crippen LogP contribution in [0.4, 0.5) is 11.5 Å². The normalized spacial score (nSPS) is 12.9. The molecule has 0 saturated heterocycles. The summed E-state index contributed by atoms with van der Waals surface area (Å²) in [6.07, 6.45) is 1.98. The number of carbonyl (C=O) groups is 1. The van der Waals surface area contributed by atoms with E-state index in [1.165, 1.54) is 4.80 Å². The molecule has 0 fully saturated rings. The number of halogens is 1. The molecule has 1 atom stereocenters.